The van der Waals surface area contributed by atoms with Crippen molar-refractivity contribution in [2.75, 3.05) is 13.7 Å². The maximum Gasteiger partial charge on any atom is 0.209 e. The molecule has 1 heterocycles. The Labute approximate surface area is 130 Å². The summed E-state index contributed by atoms with van der Waals surface area (Å²) in [6.07, 6.45) is 4.84. The zero-order valence-corrected chi connectivity index (χ0v) is 12.6. The van der Waals surface area contributed by atoms with E-state index in [4.69, 9.17) is 9.47 Å². The van der Waals surface area contributed by atoms with E-state index in [0.717, 1.165) is 17.7 Å². The van der Waals surface area contributed by atoms with Crippen LogP contribution in [0.1, 0.15) is 11.1 Å². The van der Waals surface area contributed by atoms with Gasteiger partial charge in [0.05, 0.1) is 13.2 Å². The molecule has 1 atom stereocenters. The van der Waals surface area contributed by atoms with Crippen LogP contribution in [0, 0.1) is 0 Å². The Hall–Kier alpha value is -2.55. The molecule has 0 fully saturated rings. The zero-order valence-electron chi connectivity index (χ0n) is 12.6. The highest BCUT2D eigenvalue weighted by molar-refractivity contribution is 5.92. The van der Waals surface area contributed by atoms with Crippen molar-refractivity contribution in [3.05, 3.63) is 71.8 Å². The highest BCUT2D eigenvalue weighted by Gasteiger charge is 2.17. The topological polar surface area (TPSA) is 30.8 Å². The van der Waals surface area contributed by atoms with Crippen molar-refractivity contribution in [3.63, 3.8) is 0 Å². The second kappa shape index (κ2) is 6.94. The van der Waals surface area contributed by atoms with Crippen LogP contribution in [-0.4, -0.2) is 25.7 Å². The number of aliphatic imine (C=N–C) groups is 1. The van der Waals surface area contributed by atoms with Crippen molar-refractivity contribution in [1.82, 2.24) is 0 Å². The third kappa shape index (κ3) is 3.76. The highest BCUT2D eigenvalue weighted by atomic mass is 16.5. The van der Waals surface area contributed by atoms with Gasteiger partial charge < -0.3 is 9.47 Å². The molecule has 0 radical (unpaired) electrons. The first kappa shape index (κ1) is 14.4. The van der Waals surface area contributed by atoms with Crippen molar-refractivity contribution in [2.45, 2.75) is 12.5 Å². The minimum absolute atomic E-state index is 0.206. The van der Waals surface area contributed by atoms with Crippen molar-refractivity contribution < 1.29 is 9.47 Å². The lowest BCUT2D eigenvalue weighted by molar-refractivity contribution is 0.318. The van der Waals surface area contributed by atoms with E-state index in [9.17, 15) is 0 Å². The molecule has 1 aliphatic rings. The maximum absolute atomic E-state index is 5.64. The summed E-state index contributed by atoms with van der Waals surface area (Å²) in [5, 5.41) is 0. The Morgan fingerprint density at radius 3 is 2.59 bits per heavy atom. The van der Waals surface area contributed by atoms with Crippen LogP contribution >= 0.6 is 0 Å². The van der Waals surface area contributed by atoms with Gasteiger partial charge >= 0.3 is 0 Å². The van der Waals surface area contributed by atoms with Gasteiger partial charge in [0.1, 0.15) is 12.4 Å². The summed E-state index contributed by atoms with van der Waals surface area (Å²) < 4.78 is 10.8. The predicted molar refractivity (Wildman–Crippen MR) is 89.3 cm³/mol. The van der Waals surface area contributed by atoms with Gasteiger partial charge in [-0.25, -0.2) is 4.99 Å². The molecule has 3 nitrogen and oxygen atoms in total. The molecule has 0 aliphatic carbocycles. The van der Waals surface area contributed by atoms with Gasteiger partial charge in [0, 0.05) is 6.08 Å². The Morgan fingerprint density at radius 1 is 1.09 bits per heavy atom. The van der Waals surface area contributed by atoms with Crippen LogP contribution in [0.15, 0.2) is 65.7 Å². The van der Waals surface area contributed by atoms with E-state index in [1.165, 1.54) is 5.56 Å². The monoisotopic (exact) mass is 293 g/mol. The fourth-order valence-corrected chi connectivity index (χ4v) is 2.40. The first-order chi connectivity index (χ1) is 10.8. The molecule has 3 rings (SSSR count). The average Bonchev–Trinajstić information content (AvgIpc) is 3.02. The van der Waals surface area contributed by atoms with E-state index >= 15 is 0 Å². The summed E-state index contributed by atoms with van der Waals surface area (Å²) in [5.41, 5.74) is 2.39. The molecule has 0 unspecified atom stereocenters. The number of nitrogens with zero attached hydrogens (tertiary/aromatic N) is 1. The molecule has 0 saturated heterocycles. The number of benzene rings is 2. The number of ether oxygens (including phenoxy) is 2. The Balaban J connectivity index is 1.60. The fraction of sp³-hybridized carbons (Fsp3) is 0.211. The Kier molecular flexibility index (Phi) is 4.54. The van der Waals surface area contributed by atoms with E-state index in [1.807, 2.05) is 42.5 Å². The standard InChI is InChI=1S/C19H19NO2/c1-21-18-10-7-15(8-11-18)9-12-19-20-17(14-22-19)13-16-5-3-2-4-6-16/h2-12,17H,13-14H2,1H3/b12-9+/t17-/m0/s1. The van der Waals surface area contributed by atoms with E-state index in [-0.39, 0.29) is 6.04 Å². The Bertz CT molecular complexity index is 660. The molecule has 0 aromatic heterocycles. The van der Waals surface area contributed by atoms with Gasteiger partial charge in [-0.2, -0.15) is 0 Å². The molecule has 2 aromatic carbocycles. The molecule has 22 heavy (non-hydrogen) atoms. The van der Waals surface area contributed by atoms with Gasteiger partial charge in [-0.05, 0) is 35.8 Å². The molecular weight excluding hydrogens is 274 g/mol. The van der Waals surface area contributed by atoms with E-state index in [0.29, 0.717) is 12.5 Å². The van der Waals surface area contributed by atoms with Crippen LogP contribution in [0.3, 0.4) is 0 Å². The molecule has 0 amide bonds. The van der Waals surface area contributed by atoms with Crippen LogP contribution in [0.25, 0.3) is 6.08 Å². The van der Waals surface area contributed by atoms with Crippen LogP contribution in [0.4, 0.5) is 0 Å². The lowest BCUT2D eigenvalue weighted by Gasteiger charge is -2.03. The molecule has 0 bridgehead atoms. The van der Waals surface area contributed by atoms with Crippen molar-refractivity contribution in [2.24, 2.45) is 4.99 Å². The quantitative estimate of drug-likeness (QED) is 0.840. The van der Waals surface area contributed by atoms with Crippen LogP contribution < -0.4 is 4.74 Å². The number of rotatable bonds is 5. The van der Waals surface area contributed by atoms with Gasteiger partial charge in [-0.1, -0.05) is 42.5 Å². The first-order valence-electron chi connectivity index (χ1n) is 7.40. The van der Waals surface area contributed by atoms with Crippen molar-refractivity contribution in [3.8, 4) is 5.75 Å². The smallest absolute Gasteiger partial charge is 0.209 e. The second-order valence-electron chi connectivity index (χ2n) is 5.23. The average molecular weight is 293 g/mol. The summed E-state index contributed by atoms with van der Waals surface area (Å²) in [7, 11) is 1.67. The summed E-state index contributed by atoms with van der Waals surface area (Å²) in [5.74, 6) is 1.56. The Morgan fingerprint density at radius 2 is 1.86 bits per heavy atom. The van der Waals surface area contributed by atoms with Crippen molar-refractivity contribution in [1.29, 1.82) is 0 Å². The SMILES string of the molecule is COc1ccc(/C=C/C2=N[C@@H](Cc3ccccc3)CO2)cc1. The minimum atomic E-state index is 0.206. The molecule has 0 spiro atoms. The predicted octanol–water partition coefficient (Wildman–Crippen LogP) is 3.75. The molecule has 3 heteroatoms. The third-order valence-corrected chi connectivity index (χ3v) is 3.58. The van der Waals surface area contributed by atoms with Gasteiger partial charge in [0.25, 0.3) is 0 Å². The lowest BCUT2D eigenvalue weighted by Crippen LogP contribution is -2.09. The summed E-state index contributed by atoms with van der Waals surface area (Å²) in [4.78, 5) is 4.62. The van der Waals surface area contributed by atoms with Gasteiger partial charge in [-0.15, -0.1) is 0 Å². The van der Waals surface area contributed by atoms with Crippen LogP contribution in [0.2, 0.25) is 0 Å². The number of hydrogen-bond acceptors (Lipinski definition) is 3. The number of hydrogen-bond donors (Lipinski definition) is 0. The maximum atomic E-state index is 5.64. The summed E-state index contributed by atoms with van der Waals surface area (Å²) in [6, 6.07) is 18.5. The van der Waals surface area contributed by atoms with Crippen LogP contribution in [0.5, 0.6) is 5.75 Å². The lowest BCUT2D eigenvalue weighted by atomic mass is 10.1. The molecule has 0 saturated carbocycles. The minimum Gasteiger partial charge on any atom is -0.497 e. The van der Waals surface area contributed by atoms with Gasteiger partial charge in [0.2, 0.25) is 5.90 Å². The molecule has 1 aliphatic heterocycles. The van der Waals surface area contributed by atoms with E-state index in [1.54, 1.807) is 7.11 Å². The largest absolute Gasteiger partial charge is 0.497 e. The number of methoxy groups -OCH3 is 1. The second-order valence-corrected chi connectivity index (χ2v) is 5.23. The molecule has 0 N–H and O–H groups in total. The first-order valence-corrected chi connectivity index (χ1v) is 7.40. The van der Waals surface area contributed by atoms with Gasteiger partial charge in [0.15, 0.2) is 0 Å². The molecule has 112 valence electrons. The highest BCUT2D eigenvalue weighted by Crippen LogP contribution is 2.15. The zero-order chi connectivity index (χ0) is 15.2. The van der Waals surface area contributed by atoms with Crippen molar-refractivity contribution >= 4 is 12.0 Å². The van der Waals surface area contributed by atoms with Gasteiger partial charge in [-0.3, -0.25) is 0 Å². The van der Waals surface area contributed by atoms with E-state index in [2.05, 4.69) is 29.3 Å². The fourth-order valence-electron chi connectivity index (χ4n) is 2.40. The normalized spacial score (nSPS) is 17.3. The van der Waals surface area contributed by atoms with E-state index < -0.39 is 0 Å². The molecule has 2 aromatic rings. The van der Waals surface area contributed by atoms with Crippen LogP contribution in [-0.2, 0) is 11.2 Å². The molecular formula is C19H19NO2. The summed E-state index contributed by atoms with van der Waals surface area (Å²) in [6.45, 7) is 0.650. The summed E-state index contributed by atoms with van der Waals surface area (Å²) >= 11 is 0. The third-order valence-electron chi connectivity index (χ3n) is 3.58.